The Labute approximate surface area is 138 Å². The fourth-order valence-electron chi connectivity index (χ4n) is 3.77. The van der Waals surface area contributed by atoms with Crippen LogP contribution >= 0.6 is 0 Å². The molecule has 0 heterocycles. The highest BCUT2D eigenvalue weighted by atomic mass is 16.3. The van der Waals surface area contributed by atoms with E-state index in [1.54, 1.807) is 12.1 Å². The molecule has 1 aromatic rings. The van der Waals surface area contributed by atoms with Gasteiger partial charge >= 0.3 is 0 Å². The minimum Gasteiger partial charge on any atom is -0.508 e. The van der Waals surface area contributed by atoms with Crippen molar-refractivity contribution >= 4 is 5.91 Å². The van der Waals surface area contributed by atoms with Crippen LogP contribution in [0.5, 0.6) is 5.75 Å². The maximum absolute atomic E-state index is 12.6. The first-order chi connectivity index (χ1) is 10.8. The maximum Gasteiger partial charge on any atom is 0.252 e. The molecule has 0 spiro atoms. The molecule has 0 aromatic heterocycles. The molecule has 2 rings (SSSR count). The fraction of sp³-hybridized carbons (Fsp3) is 0.632. The van der Waals surface area contributed by atoms with Crippen LogP contribution in [0.2, 0.25) is 0 Å². The van der Waals surface area contributed by atoms with Gasteiger partial charge in [-0.1, -0.05) is 39.3 Å². The second-order valence-corrected chi connectivity index (χ2v) is 7.33. The summed E-state index contributed by atoms with van der Waals surface area (Å²) in [5.41, 5.74) is -0.201. The monoisotopic (exact) mass is 319 g/mol. The Bertz CT molecular complexity index is 526. The number of aromatic hydroxyl groups is 1. The number of rotatable bonds is 5. The number of hydrogen-bond acceptors (Lipinski definition) is 3. The van der Waals surface area contributed by atoms with Gasteiger partial charge in [0.15, 0.2) is 0 Å². The largest absolute Gasteiger partial charge is 0.508 e. The number of aliphatic hydroxyl groups is 1. The van der Waals surface area contributed by atoms with E-state index in [0.717, 1.165) is 18.4 Å². The van der Waals surface area contributed by atoms with E-state index in [-0.39, 0.29) is 23.5 Å². The SMILES string of the molecule is CC(C)[C@@H]1CC[C@@H](C)C[C@@]1(O)C(=O)NCCc1ccc(O)cc1. The van der Waals surface area contributed by atoms with Crippen LogP contribution in [0.3, 0.4) is 0 Å². The number of carbonyl (C=O) groups excluding carboxylic acids is 1. The van der Waals surface area contributed by atoms with Crippen LogP contribution < -0.4 is 5.32 Å². The molecule has 3 N–H and O–H groups in total. The quantitative estimate of drug-likeness (QED) is 0.781. The molecule has 1 aromatic carbocycles. The Balaban J connectivity index is 1.95. The summed E-state index contributed by atoms with van der Waals surface area (Å²) in [6, 6.07) is 6.97. The van der Waals surface area contributed by atoms with Crippen molar-refractivity contribution in [2.45, 2.75) is 52.1 Å². The van der Waals surface area contributed by atoms with Gasteiger partial charge in [0, 0.05) is 6.54 Å². The smallest absolute Gasteiger partial charge is 0.252 e. The molecule has 0 aliphatic heterocycles. The van der Waals surface area contributed by atoms with Gasteiger partial charge in [-0.25, -0.2) is 0 Å². The molecule has 23 heavy (non-hydrogen) atoms. The van der Waals surface area contributed by atoms with Gasteiger partial charge in [0.1, 0.15) is 11.4 Å². The zero-order chi connectivity index (χ0) is 17.0. The standard InChI is InChI=1S/C19H29NO3/c1-13(2)17-9-4-14(3)12-19(17,23)18(22)20-11-10-15-5-7-16(21)8-6-15/h5-8,13-14,17,21,23H,4,9-12H2,1-3H3,(H,20,22)/t14-,17+,19+/m1/s1. The average Bonchev–Trinajstić information content (AvgIpc) is 2.48. The van der Waals surface area contributed by atoms with Crippen LogP contribution in [0.15, 0.2) is 24.3 Å². The number of phenolic OH excluding ortho intramolecular Hbond substituents is 1. The minimum atomic E-state index is -1.25. The summed E-state index contributed by atoms with van der Waals surface area (Å²) in [6.45, 7) is 6.75. The van der Waals surface area contributed by atoms with Gasteiger partial charge in [0.05, 0.1) is 0 Å². The normalized spacial score (nSPS) is 27.9. The molecule has 0 bridgehead atoms. The van der Waals surface area contributed by atoms with E-state index in [0.29, 0.717) is 25.3 Å². The van der Waals surface area contributed by atoms with Crippen LogP contribution in [-0.4, -0.2) is 28.3 Å². The Kier molecular flexibility index (Phi) is 5.69. The molecule has 1 amide bonds. The van der Waals surface area contributed by atoms with E-state index in [1.165, 1.54) is 0 Å². The molecule has 1 fully saturated rings. The molecule has 3 atom stereocenters. The first-order valence-electron chi connectivity index (χ1n) is 8.61. The van der Waals surface area contributed by atoms with Gasteiger partial charge in [-0.05, 0) is 54.7 Å². The summed E-state index contributed by atoms with van der Waals surface area (Å²) in [5, 5.41) is 23.2. The molecule has 0 saturated heterocycles. The van der Waals surface area contributed by atoms with E-state index in [1.807, 2.05) is 12.1 Å². The topological polar surface area (TPSA) is 69.6 Å². The molecular weight excluding hydrogens is 290 g/mol. The predicted molar refractivity (Wildman–Crippen MR) is 91.1 cm³/mol. The van der Waals surface area contributed by atoms with Crippen molar-refractivity contribution in [3.63, 3.8) is 0 Å². The zero-order valence-corrected chi connectivity index (χ0v) is 14.4. The summed E-state index contributed by atoms with van der Waals surface area (Å²) in [4.78, 5) is 12.6. The first-order valence-corrected chi connectivity index (χ1v) is 8.61. The zero-order valence-electron chi connectivity index (χ0n) is 14.4. The van der Waals surface area contributed by atoms with Crippen molar-refractivity contribution in [3.8, 4) is 5.75 Å². The van der Waals surface area contributed by atoms with E-state index < -0.39 is 5.60 Å². The lowest BCUT2D eigenvalue weighted by molar-refractivity contribution is -0.155. The molecule has 1 aliphatic carbocycles. The maximum atomic E-state index is 12.6. The van der Waals surface area contributed by atoms with Crippen LogP contribution in [-0.2, 0) is 11.2 Å². The van der Waals surface area contributed by atoms with Crippen LogP contribution in [0.25, 0.3) is 0 Å². The van der Waals surface area contributed by atoms with Crippen molar-refractivity contribution in [1.82, 2.24) is 5.32 Å². The minimum absolute atomic E-state index is 0.0207. The second kappa shape index (κ2) is 7.35. The summed E-state index contributed by atoms with van der Waals surface area (Å²) < 4.78 is 0. The van der Waals surface area contributed by atoms with E-state index in [9.17, 15) is 15.0 Å². The summed E-state index contributed by atoms with van der Waals surface area (Å²) in [5.74, 6) is 0.685. The second-order valence-electron chi connectivity index (χ2n) is 7.33. The molecule has 1 saturated carbocycles. The van der Waals surface area contributed by atoms with Crippen LogP contribution in [0.1, 0.15) is 45.6 Å². The van der Waals surface area contributed by atoms with Gasteiger partial charge in [-0.15, -0.1) is 0 Å². The summed E-state index contributed by atoms with van der Waals surface area (Å²) in [6.07, 6.45) is 3.21. The number of carbonyl (C=O) groups is 1. The highest BCUT2D eigenvalue weighted by Crippen LogP contribution is 2.41. The van der Waals surface area contributed by atoms with Crippen molar-refractivity contribution in [3.05, 3.63) is 29.8 Å². The molecule has 0 unspecified atom stereocenters. The third-order valence-electron chi connectivity index (χ3n) is 5.08. The highest BCUT2D eigenvalue weighted by molar-refractivity contribution is 5.85. The van der Waals surface area contributed by atoms with Gasteiger partial charge in [-0.3, -0.25) is 4.79 Å². The molecular formula is C19H29NO3. The molecule has 4 heteroatoms. The van der Waals surface area contributed by atoms with Crippen LogP contribution in [0, 0.1) is 17.8 Å². The number of benzene rings is 1. The Morgan fingerprint density at radius 2 is 1.96 bits per heavy atom. The Hall–Kier alpha value is -1.55. The van der Waals surface area contributed by atoms with E-state index >= 15 is 0 Å². The Morgan fingerprint density at radius 1 is 1.30 bits per heavy atom. The first kappa shape index (κ1) is 17.8. The number of amides is 1. The van der Waals surface area contributed by atoms with Crippen molar-refractivity contribution < 1.29 is 15.0 Å². The predicted octanol–water partition coefficient (Wildman–Crippen LogP) is 2.87. The van der Waals surface area contributed by atoms with Gasteiger partial charge in [0.2, 0.25) is 0 Å². The van der Waals surface area contributed by atoms with E-state index in [2.05, 4.69) is 26.1 Å². The molecule has 0 radical (unpaired) electrons. The van der Waals surface area contributed by atoms with Gasteiger partial charge in [0.25, 0.3) is 5.91 Å². The lowest BCUT2D eigenvalue weighted by Gasteiger charge is -2.43. The average molecular weight is 319 g/mol. The van der Waals surface area contributed by atoms with Gasteiger partial charge in [-0.2, -0.15) is 0 Å². The van der Waals surface area contributed by atoms with Crippen LogP contribution in [0.4, 0.5) is 0 Å². The van der Waals surface area contributed by atoms with Crippen molar-refractivity contribution in [1.29, 1.82) is 0 Å². The van der Waals surface area contributed by atoms with Gasteiger partial charge < -0.3 is 15.5 Å². The lowest BCUT2D eigenvalue weighted by Crippen LogP contribution is -2.56. The third kappa shape index (κ3) is 4.25. The molecule has 4 nitrogen and oxygen atoms in total. The number of nitrogens with one attached hydrogen (secondary N) is 1. The van der Waals surface area contributed by atoms with Crippen molar-refractivity contribution in [2.75, 3.05) is 6.54 Å². The van der Waals surface area contributed by atoms with Crippen molar-refractivity contribution in [2.24, 2.45) is 17.8 Å². The summed E-state index contributed by atoms with van der Waals surface area (Å²) >= 11 is 0. The third-order valence-corrected chi connectivity index (χ3v) is 5.08. The number of hydrogen-bond donors (Lipinski definition) is 3. The highest BCUT2D eigenvalue weighted by Gasteiger charge is 2.48. The lowest BCUT2D eigenvalue weighted by atomic mass is 9.66. The molecule has 128 valence electrons. The fourth-order valence-corrected chi connectivity index (χ4v) is 3.77. The van der Waals surface area contributed by atoms with E-state index in [4.69, 9.17) is 0 Å². The number of phenols is 1. The summed E-state index contributed by atoms with van der Waals surface area (Å²) in [7, 11) is 0. The Morgan fingerprint density at radius 3 is 2.57 bits per heavy atom. The molecule has 1 aliphatic rings.